The van der Waals surface area contributed by atoms with E-state index in [4.69, 9.17) is 0 Å². The zero-order valence-corrected chi connectivity index (χ0v) is 14.9. The van der Waals surface area contributed by atoms with Crippen LogP contribution in [0, 0.1) is 0 Å². The molecule has 0 heterocycles. The van der Waals surface area contributed by atoms with Crippen molar-refractivity contribution >= 4 is 29.2 Å². The van der Waals surface area contributed by atoms with E-state index in [1.807, 2.05) is 0 Å². The smallest absolute Gasteiger partial charge is 0.337 e. The second-order valence-electron chi connectivity index (χ2n) is 5.75. The first-order chi connectivity index (χ1) is 12.4. The van der Waals surface area contributed by atoms with Gasteiger partial charge in [0, 0.05) is 31.0 Å². The van der Waals surface area contributed by atoms with Crippen LogP contribution >= 0.6 is 0 Å². The van der Waals surface area contributed by atoms with Crippen molar-refractivity contribution in [3.05, 3.63) is 59.7 Å². The molecule has 0 atom stereocenters. The lowest BCUT2D eigenvalue weighted by Gasteiger charge is -2.11. The monoisotopic (exact) mass is 355 g/mol. The van der Waals surface area contributed by atoms with Crippen molar-refractivity contribution in [2.24, 2.45) is 0 Å². The van der Waals surface area contributed by atoms with Crippen LogP contribution in [0.15, 0.2) is 48.5 Å². The van der Waals surface area contributed by atoms with E-state index in [1.165, 1.54) is 12.0 Å². The van der Waals surface area contributed by atoms with E-state index >= 15 is 0 Å². The molecule has 2 N–H and O–H groups in total. The van der Waals surface area contributed by atoms with Gasteiger partial charge in [0.05, 0.1) is 19.2 Å². The molecule has 2 aromatic carbocycles. The summed E-state index contributed by atoms with van der Waals surface area (Å²) in [6, 6.07) is 13.3. The van der Waals surface area contributed by atoms with Gasteiger partial charge in [0.2, 0.25) is 5.91 Å². The molecule has 7 nitrogen and oxygen atoms in total. The largest absolute Gasteiger partial charge is 0.465 e. The Morgan fingerprint density at radius 3 is 1.96 bits per heavy atom. The number of hydrogen-bond acceptors (Lipinski definition) is 5. The highest BCUT2D eigenvalue weighted by atomic mass is 16.5. The Bertz CT molecular complexity index is 783. The van der Waals surface area contributed by atoms with Gasteiger partial charge < -0.3 is 20.3 Å². The Hall–Kier alpha value is -3.35. The summed E-state index contributed by atoms with van der Waals surface area (Å²) in [7, 11) is 4.69. The molecule has 0 aliphatic carbocycles. The minimum absolute atomic E-state index is 0.0654. The number of nitrogens with one attached hydrogen (secondary N) is 2. The third-order valence-corrected chi connectivity index (χ3v) is 3.58. The third-order valence-electron chi connectivity index (χ3n) is 3.58. The molecule has 0 radical (unpaired) electrons. The number of anilines is 2. The van der Waals surface area contributed by atoms with E-state index in [9.17, 15) is 14.4 Å². The second-order valence-corrected chi connectivity index (χ2v) is 5.75. The molecule has 0 saturated carbocycles. The highest BCUT2D eigenvalue weighted by Gasteiger charge is 2.09. The Kier molecular flexibility index (Phi) is 6.32. The zero-order valence-electron chi connectivity index (χ0n) is 14.9. The van der Waals surface area contributed by atoms with Crippen molar-refractivity contribution < 1.29 is 19.1 Å². The molecule has 0 spiro atoms. The maximum atomic E-state index is 12.0. The van der Waals surface area contributed by atoms with E-state index in [2.05, 4.69) is 15.4 Å². The van der Waals surface area contributed by atoms with Crippen LogP contribution in [-0.4, -0.2) is 50.4 Å². The Balaban J connectivity index is 1.87. The fourth-order valence-corrected chi connectivity index (χ4v) is 2.18. The van der Waals surface area contributed by atoms with Gasteiger partial charge in [-0.2, -0.15) is 0 Å². The minimum atomic E-state index is -0.412. The maximum absolute atomic E-state index is 12.0. The Labute approximate surface area is 152 Å². The standard InChI is InChI=1S/C19H21N3O4/c1-22(2)18(24)13-4-10-16(11-5-13)21-17(23)12-20-15-8-6-14(7-9-15)19(25)26-3/h4-11,20H,12H2,1-3H3,(H,21,23). The average Bonchev–Trinajstić information content (AvgIpc) is 2.66. The van der Waals surface area contributed by atoms with Crippen molar-refractivity contribution in [3.8, 4) is 0 Å². The topological polar surface area (TPSA) is 87.7 Å². The summed E-state index contributed by atoms with van der Waals surface area (Å²) in [5, 5.41) is 5.71. The highest BCUT2D eigenvalue weighted by Crippen LogP contribution is 2.12. The summed E-state index contributed by atoms with van der Waals surface area (Å²) < 4.78 is 4.63. The van der Waals surface area contributed by atoms with Crippen LogP contribution in [-0.2, 0) is 9.53 Å². The summed E-state index contributed by atoms with van der Waals surface area (Å²) in [6.07, 6.45) is 0. The molecule has 2 rings (SSSR count). The normalized spacial score (nSPS) is 9.96. The van der Waals surface area contributed by atoms with Crippen molar-refractivity contribution in [1.82, 2.24) is 4.90 Å². The first kappa shape index (κ1) is 19.0. The lowest BCUT2D eigenvalue weighted by atomic mass is 10.2. The van der Waals surface area contributed by atoms with Crippen molar-refractivity contribution in [2.45, 2.75) is 0 Å². The van der Waals surface area contributed by atoms with Gasteiger partial charge in [0.1, 0.15) is 0 Å². The van der Waals surface area contributed by atoms with Crippen LogP contribution < -0.4 is 10.6 Å². The molecule has 0 aromatic heterocycles. The molecular weight excluding hydrogens is 334 g/mol. The number of amides is 2. The molecule has 0 saturated heterocycles. The zero-order chi connectivity index (χ0) is 19.1. The van der Waals surface area contributed by atoms with Crippen LogP contribution in [0.25, 0.3) is 0 Å². The molecular formula is C19H21N3O4. The SMILES string of the molecule is COC(=O)c1ccc(NCC(=O)Nc2ccc(C(=O)N(C)C)cc2)cc1. The van der Waals surface area contributed by atoms with Crippen molar-refractivity contribution in [3.63, 3.8) is 0 Å². The molecule has 0 aliphatic rings. The Morgan fingerprint density at radius 1 is 0.885 bits per heavy atom. The van der Waals surface area contributed by atoms with Crippen molar-refractivity contribution in [2.75, 3.05) is 38.4 Å². The first-order valence-electron chi connectivity index (χ1n) is 7.94. The predicted octanol–water partition coefficient (Wildman–Crippen LogP) is 2.23. The van der Waals surface area contributed by atoms with Gasteiger partial charge in [-0.15, -0.1) is 0 Å². The number of methoxy groups -OCH3 is 1. The van der Waals surface area contributed by atoms with E-state index < -0.39 is 5.97 Å². The molecule has 26 heavy (non-hydrogen) atoms. The molecule has 2 amide bonds. The summed E-state index contributed by atoms with van der Waals surface area (Å²) in [5.74, 6) is -0.737. The van der Waals surface area contributed by atoms with E-state index in [-0.39, 0.29) is 18.4 Å². The lowest BCUT2D eigenvalue weighted by Crippen LogP contribution is -2.23. The molecule has 2 aromatic rings. The van der Waals surface area contributed by atoms with E-state index in [0.29, 0.717) is 22.5 Å². The van der Waals surface area contributed by atoms with E-state index in [0.717, 1.165) is 0 Å². The quantitative estimate of drug-likeness (QED) is 0.776. The average molecular weight is 355 g/mol. The van der Waals surface area contributed by atoms with Gasteiger partial charge in [0.15, 0.2) is 0 Å². The number of nitrogens with zero attached hydrogens (tertiary/aromatic N) is 1. The summed E-state index contributed by atoms with van der Waals surface area (Å²) in [5.41, 5.74) is 2.31. The van der Waals surface area contributed by atoms with E-state index in [1.54, 1.807) is 62.6 Å². The van der Waals surface area contributed by atoms with Crippen LogP contribution in [0.4, 0.5) is 11.4 Å². The number of carbonyl (C=O) groups is 3. The molecule has 136 valence electrons. The van der Waals surface area contributed by atoms with Gasteiger partial charge in [-0.3, -0.25) is 9.59 Å². The van der Waals surface area contributed by atoms with Gasteiger partial charge in [0.25, 0.3) is 5.91 Å². The summed E-state index contributed by atoms with van der Waals surface area (Å²) >= 11 is 0. The maximum Gasteiger partial charge on any atom is 0.337 e. The molecule has 0 aliphatic heterocycles. The summed E-state index contributed by atoms with van der Waals surface area (Å²) in [4.78, 5) is 36.7. The number of ether oxygens (including phenoxy) is 1. The van der Waals surface area contributed by atoms with Gasteiger partial charge in [-0.1, -0.05) is 0 Å². The number of carbonyl (C=O) groups excluding carboxylic acids is 3. The fraction of sp³-hybridized carbons (Fsp3) is 0.211. The van der Waals surface area contributed by atoms with Crippen LogP contribution in [0.3, 0.4) is 0 Å². The first-order valence-corrected chi connectivity index (χ1v) is 7.94. The Morgan fingerprint density at radius 2 is 1.42 bits per heavy atom. The number of hydrogen-bond donors (Lipinski definition) is 2. The minimum Gasteiger partial charge on any atom is -0.465 e. The van der Waals surface area contributed by atoms with Crippen LogP contribution in [0.5, 0.6) is 0 Å². The number of esters is 1. The third kappa shape index (κ3) is 5.07. The molecule has 0 bridgehead atoms. The number of benzene rings is 2. The number of rotatable bonds is 6. The molecule has 0 fully saturated rings. The predicted molar refractivity (Wildman–Crippen MR) is 99.4 cm³/mol. The van der Waals surface area contributed by atoms with Crippen LogP contribution in [0.2, 0.25) is 0 Å². The lowest BCUT2D eigenvalue weighted by molar-refractivity contribution is -0.114. The van der Waals surface area contributed by atoms with Crippen molar-refractivity contribution in [1.29, 1.82) is 0 Å². The molecule has 7 heteroatoms. The molecule has 0 unspecified atom stereocenters. The second kappa shape index (κ2) is 8.66. The van der Waals surface area contributed by atoms with Gasteiger partial charge in [-0.25, -0.2) is 4.79 Å². The van der Waals surface area contributed by atoms with Crippen LogP contribution in [0.1, 0.15) is 20.7 Å². The van der Waals surface area contributed by atoms with Gasteiger partial charge in [-0.05, 0) is 48.5 Å². The highest BCUT2D eigenvalue weighted by molar-refractivity contribution is 5.96. The summed E-state index contributed by atoms with van der Waals surface area (Å²) in [6.45, 7) is 0.0654. The fourth-order valence-electron chi connectivity index (χ4n) is 2.18. The van der Waals surface area contributed by atoms with Gasteiger partial charge >= 0.3 is 5.97 Å².